The molecule has 1 atom stereocenters. The van der Waals surface area contributed by atoms with Crippen LogP contribution in [0.25, 0.3) is 0 Å². The first-order valence-electron chi connectivity index (χ1n) is 9.05. The molecular formula is C19H27Cl2N5O2. The van der Waals surface area contributed by atoms with Crippen molar-refractivity contribution in [3.8, 4) is 0 Å². The Balaban J connectivity index is 0.00000196. The molecule has 0 saturated carbocycles. The third-order valence-corrected chi connectivity index (χ3v) is 4.57. The van der Waals surface area contributed by atoms with Crippen molar-refractivity contribution in [2.24, 2.45) is 5.92 Å². The Morgan fingerprint density at radius 1 is 1.29 bits per heavy atom. The van der Waals surface area contributed by atoms with Crippen LogP contribution in [0.4, 0.5) is 5.69 Å². The van der Waals surface area contributed by atoms with Gasteiger partial charge in [-0.1, -0.05) is 6.07 Å². The molecule has 7 nitrogen and oxygen atoms in total. The van der Waals surface area contributed by atoms with Gasteiger partial charge in [0.05, 0.1) is 6.33 Å². The van der Waals surface area contributed by atoms with E-state index in [1.54, 1.807) is 36.8 Å². The Labute approximate surface area is 177 Å². The molecule has 2 amide bonds. The van der Waals surface area contributed by atoms with Crippen molar-refractivity contribution in [2.75, 3.05) is 25.0 Å². The zero-order valence-electron chi connectivity index (χ0n) is 15.6. The summed E-state index contributed by atoms with van der Waals surface area (Å²) in [6.45, 7) is 3.35. The molecule has 0 bridgehead atoms. The number of benzene rings is 1. The number of hydrogen-bond donors (Lipinski definition) is 3. The Hall–Kier alpha value is -2.09. The number of carbonyl (C=O) groups is 2. The van der Waals surface area contributed by atoms with E-state index >= 15 is 0 Å². The Kier molecular flexibility index (Phi) is 10.6. The van der Waals surface area contributed by atoms with Gasteiger partial charge in [-0.25, -0.2) is 4.98 Å². The van der Waals surface area contributed by atoms with Crippen LogP contribution < -0.4 is 16.0 Å². The first kappa shape index (κ1) is 23.9. The summed E-state index contributed by atoms with van der Waals surface area (Å²) >= 11 is 0. The summed E-state index contributed by atoms with van der Waals surface area (Å²) in [5.74, 6) is 0.451. The number of nitrogens with one attached hydrogen (secondary N) is 3. The van der Waals surface area contributed by atoms with Crippen molar-refractivity contribution in [1.29, 1.82) is 0 Å². The fraction of sp³-hybridized carbons (Fsp3) is 0.421. The van der Waals surface area contributed by atoms with Gasteiger partial charge < -0.3 is 20.5 Å². The molecule has 1 aromatic carbocycles. The second-order valence-corrected chi connectivity index (χ2v) is 6.58. The summed E-state index contributed by atoms with van der Waals surface area (Å²) in [5.41, 5.74) is 1.19. The lowest BCUT2D eigenvalue weighted by atomic mass is 10.1. The molecule has 2 aromatic rings. The normalized spacial score (nSPS) is 15.2. The first-order chi connectivity index (χ1) is 12.7. The number of carbonyl (C=O) groups excluding carboxylic acids is 2. The van der Waals surface area contributed by atoms with Crippen LogP contribution in [-0.2, 0) is 11.3 Å². The molecule has 1 fully saturated rings. The van der Waals surface area contributed by atoms with Crippen LogP contribution in [-0.4, -0.2) is 41.0 Å². The van der Waals surface area contributed by atoms with Gasteiger partial charge in [0.25, 0.3) is 5.91 Å². The number of imidazole rings is 1. The standard InChI is InChI=1S/C19H25N5O2.2ClH/c25-18(6-10-24-11-9-21-14-24)23-17-3-1-2-16(12-17)19(26)22-8-5-15-4-7-20-13-15;;/h1-3,9,11-12,14-15,20H,4-8,10,13H2,(H,22,26)(H,23,25);2*1H. The minimum atomic E-state index is -0.106. The van der Waals surface area contributed by atoms with Gasteiger partial charge in [-0.3, -0.25) is 9.59 Å². The van der Waals surface area contributed by atoms with E-state index in [0.717, 1.165) is 19.5 Å². The van der Waals surface area contributed by atoms with E-state index < -0.39 is 0 Å². The minimum absolute atomic E-state index is 0. The van der Waals surface area contributed by atoms with Crippen molar-refractivity contribution in [3.63, 3.8) is 0 Å². The molecule has 28 heavy (non-hydrogen) atoms. The number of nitrogens with zero attached hydrogens (tertiary/aromatic N) is 2. The monoisotopic (exact) mass is 427 g/mol. The van der Waals surface area contributed by atoms with Crippen molar-refractivity contribution < 1.29 is 9.59 Å². The third kappa shape index (κ3) is 7.50. The molecule has 0 spiro atoms. The average molecular weight is 428 g/mol. The van der Waals surface area contributed by atoms with E-state index in [2.05, 4.69) is 20.9 Å². The Bertz CT molecular complexity index is 734. The molecular weight excluding hydrogens is 401 g/mol. The number of hydrogen-bond acceptors (Lipinski definition) is 4. The van der Waals surface area contributed by atoms with Crippen molar-refractivity contribution >= 4 is 42.3 Å². The molecule has 0 aliphatic carbocycles. The van der Waals surface area contributed by atoms with Crippen LogP contribution in [0.2, 0.25) is 0 Å². The molecule has 3 N–H and O–H groups in total. The SMILES string of the molecule is Cl.Cl.O=C(CCn1ccnc1)Nc1cccc(C(=O)NCCC2CCNC2)c1. The van der Waals surface area contributed by atoms with Gasteiger partial charge in [-0.05, 0) is 50.0 Å². The molecule has 1 aromatic heterocycles. The highest BCUT2D eigenvalue weighted by atomic mass is 35.5. The van der Waals surface area contributed by atoms with Crippen LogP contribution in [0.15, 0.2) is 43.0 Å². The highest BCUT2D eigenvalue weighted by molar-refractivity contribution is 5.97. The smallest absolute Gasteiger partial charge is 0.251 e. The lowest BCUT2D eigenvalue weighted by Crippen LogP contribution is -2.26. The molecule has 0 radical (unpaired) electrons. The quantitative estimate of drug-likeness (QED) is 0.603. The zero-order valence-corrected chi connectivity index (χ0v) is 17.2. The molecule has 9 heteroatoms. The van der Waals surface area contributed by atoms with Crippen molar-refractivity contribution in [1.82, 2.24) is 20.2 Å². The van der Waals surface area contributed by atoms with Crippen LogP contribution in [0, 0.1) is 5.92 Å². The fourth-order valence-electron chi connectivity index (χ4n) is 3.06. The fourth-order valence-corrected chi connectivity index (χ4v) is 3.06. The second kappa shape index (κ2) is 12.4. The lowest BCUT2D eigenvalue weighted by molar-refractivity contribution is -0.116. The molecule has 2 heterocycles. The molecule has 154 valence electrons. The molecule has 1 aliphatic rings. The summed E-state index contributed by atoms with van der Waals surface area (Å²) in [5, 5.41) is 9.13. The molecule has 1 saturated heterocycles. The second-order valence-electron chi connectivity index (χ2n) is 6.58. The zero-order chi connectivity index (χ0) is 18.2. The number of halogens is 2. The van der Waals surface area contributed by atoms with Crippen LogP contribution in [0.1, 0.15) is 29.6 Å². The minimum Gasteiger partial charge on any atom is -0.352 e. The van der Waals surface area contributed by atoms with Gasteiger partial charge in [-0.15, -0.1) is 24.8 Å². The first-order valence-corrected chi connectivity index (χ1v) is 9.05. The van der Waals surface area contributed by atoms with Gasteiger partial charge in [0, 0.05) is 43.2 Å². The summed E-state index contributed by atoms with van der Waals surface area (Å²) in [4.78, 5) is 28.3. The van der Waals surface area contributed by atoms with E-state index in [1.165, 1.54) is 6.42 Å². The van der Waals surface area contributed by atoms with Crippen LogP contribution >= 0.6 is 24.8 Å². The van der Waals surface area contributed by atoms with Crippen molar-refractivity contribution in [2.45, 2.75) is 25.8 Å². The average Bonchev–Trinajstić information content (AvgIpc) is 3.34. The van der Waals surface area contributed by atoms with Crippen LogP contribution in [0.5, 0.6) is 0 Å². The number of anilines is 1. The highest BCUT2D eigenvalue weighted by Crippen LogP contribution is 2.13. The van der Waals surface area contributed by atoms with E-state index in [-0.39, 0.29) is 36.6 Å². The summed E-state index contributed by atoms with van der Waals surface area (Å²) in [6, 6.07) is 7.03. The number of amides is 2. The number of aryl methyl sites for hydroxylation is 1. The highest BCUT2D eigenvalue weighted by Gasteiger charge is 2.14. The van der Waals surface area contributed by atoms with Gasteiger partial charge in [0.1, 0.15) is 0 Å². The maximum Gasteiger partial charge on any atom is 0.251 e. The van der Waals surface area contributed by atoms with Gasteiger partial charge in [0.15, 0.2) is 0 Å². The van der Waals surface area contributed by atoms with Gasteiger partial charge >= 0.3 is 0 Å². The topological polar surface area (TPSA) is 88.0 Å². The molecule has 1 unspecified atom stereocenters. The van der Waals surface area contributed by atoms with Gasteiger partial charge in [-0.2, -0.15) is 0 Å². The Morgan fingerprint density at radius 2 is 2.14 bits per heavy atom. The Morgan fingerprint density at radius 3 is 2.86 bits per heavy atom. The predicted octanol–water partition coefficient (Wildman–Crippen LogP) is 2.48. The summed E-state index contributed by atoms with van der Waals surface area (Å²) in [7, 11) is 0. The summed E-state index contributed by atoms with van der Waals surface area (Å²) in [6.07, 6.45) is 7.70. The van der Waals surface area contributed by atoms with E-state index in [1.807, 2.05) is 10.8 Å². The lowest BCUT2D eigenvalue weighted by Gasteiger charge is -2.10. The largest absolute Gasteiger partial charge is 0.352 e. The van der Waals surface area contributed by atoms with E-state index in [9.17, 15) is 9.59 Å². The third-order valence-electron chi connectivity index (χ3n) is 4.57. The van der Waals surface area contributed by atoms with Crippen molar-refractivity contribution in [3.05, 3.63) is 48.5 Å². The molecule has 1 aliphatic heterocycles. The van der Waals surface area contributed by atoms with Crippen LogP contribution in [0.3, 0.4) is 0 Å². The number of rotatable bonds is 8. The summed E-state index contributed by atoms with van der Waals surface area (Å²) < 4.78 is 1.85. The van der Waals surface area contributed by atoms with E-state index in [0.29, 0.717) is 36.7 Å². The maximum atomic E-state index is 12.3. The number of aromatic nitrogens is 2. The van der Waals surface area contributed by atoms with Gasteiger partial charge in [0.2, 0.25) is 5.91 Å². The van der Waals surface area contributed by atoms with E-state index in [4.69, 9.17) is 0 Å². The maximum absolute atomic E-state index is 12.3. The molecule has 3 rings (SSSR count). The predicted molar refractivity (Wildman–Crippen MR) is 114 cm³/mol.